The third kappa shape index (κ3) is 1.24. The third-order valence-electron chi connectivity index (χ3n) is 1.75. The largest absolute Gasteiger partial charge is 0.389 e. The van der Waals surface area contributed by atoms with E-state index in [1.807, 2.05) is 0 Å². The lowest BCUT2D eigenvalue weighted by Gasteiger charge is -1.93. The minimum atomic E-state index is 0.318. The maximum atomic E-state index is 5.52. The second-order valence-electron chi connectivity index (χ2n) is 2.52. The molecule has 2 heterocycles. The van der Waals surface area contributed by atoms with Crippen LogP contribution in [0, 0.1) is 4.64 Å². The fourth-order valence-corrected chi connectivity index (χ4v) is 1.60. The molecule has 0 radical (unpaired) electrons. The van der Waals surface area contributed by atoms with Gasteiger partial charge in [-0.25, -0.2) is 4.98 Å². The first-order chi connectivity index (χ1) is 6.20. The van der Waals surface area contributed by atoms with Crippen LogP contribution in [-0.2, 0) is 0 Å². The summed E-state index contributed by atoms with van der Waals surface area (Å²) in [5, 5.41) is 0.782. The van der Waals surface area contributed by atoms with Crippen molar-refractivity contribution in [1.29, 1.82) is 0 Å². The number of nitrogens with one attached hydrogen (secondary N) is 2. The maximum Gasteiger partial charge on any atom is 0.139 e. The Morgan fingerprint density at radius 2 is 2.23 bits per heavy atom. The molecule has 0 aliphatic carbocycles. The number of nitrogens with zero attached hydrogens (tertiary/aromatic N) is 1. The second-order valence-corrected chi connectivity index (χ2v) is 3.35. The molecule has 0 unspecified atom stereocenters. The van der Waals surface area contributed by atoms with Gasteiger partial charge in [-0.05, 0) is 0 Å². The Morgan fingerprint density at radius 3 is 2.92 bits per heavy atom. The number of aromatic nitrogens is 3. The van der Waals surface area contributed by atoms with E-state index in [0.717, 1.165) is 16.6 Å². The lowest BCUT2D eigenvalue weighted by Crippen LogP contribution is -2.08. The third-order valence-corrected chi connectivity index (χ3v) is 2.28. The molecule has 0 aliphatic rings. The molecule has 6 heteroatoms. The first-order valence-electron chi connectivity index (χ1n) is 3.54. The molecule has 4 nitrogen and oxygen atoms in total. The van der Waals surface area contributed by atoms with Crippen LogP contribution < -0.4 is 5.73 Å². The number of rotatable bonds is 1. The molecule has 0 saturated carbocycles. The highest BCUT2D eigenvalue weighted by atomic mass is 32.1. The van der Waals surface area contributed by atoms with Crippen molar-refractivity contribution < 1.29 is 0 Å². The normalized spacial score (nSPS) is 10.5. The number of aromatic amines is 2. The predicted octanol–water partition coefficient (Wildman–Crippen LogP) is 1.25. The average molecular weight is 210 g/mol. The van der Waals surface area contributed by atoms with Gasteiger partial charge in [-0.3, -0.25) is 0 Å². The molecule has 0 aliphatic heterocycles. The van der Waals surface area contributed by atoms with E-state index in [2.05, 4.69) is 15.0 Å². The number of nitrogens with two attached hydrogens (primary N) is 1. The van der Waals surface area contributed by atoms with Crippen LogP contribution in [-0.4, -0.2) is 19.9 Å². The standard InChI is InChI=1S/C7H6N4S2/c8-5(12)3-1-9-6-4(3)7(13)11-2-10-6/h1-2H,(H2,8,12)(H2,9,10,11,13). The predicted molar refractivity (Wildman–Crippen MR) is 57.2 cm³/mol. The molecule has 0 spiro atoms. The molecule has 0 fully saturated rings. The van der Waals surface area contributed by atoms with E-state index < -0.39 is 0 Å². The summed E-state index contributed by atoms with van der Waals surface area (Å²) in [7, 11) is 0. The van der Waals surface area contributed by atoms with Crippen LogP contribution in [0.5, 0.6) is 0 Å². The molecule has 0 bridgehead atoms. The Hall–Kier alpha value is -1.27. The van der Waals surface area contributed by atoms with Gasteiger partial charge in [0.05, 0.1) is 11.7 Å². The molecule has 0 aromatic carbocycles. The van der Waals surface area contributed by atoms with E-state index >= 15 is 0 Å². The summed E-state index contributed by atoms with van der Waals surface area (Å²) in [6.07, 6.45) is 3.26. The Kier molecular flexibility index (Phi) is 1.86. The topological polar surface area (TPSA) is 70.5 Å². The summed E-state index contributed by atoms with van der Waals surface area (Å²) in [6, 6.07) is 0. The van der Waals surface area contributed by atoms with Crippen LogP contribution >= 0.6 is 24.4 Å². The molecule has 0 saturated heterocycles. The van der Waals surface area contributed by atoms with E-state index in [1.54, 1.807) is 6.20 Å². The van der Waals surface area contributed by atoms with Crippen molar-refractivity contribution in [1.82, 2.24) is 15.0 Å². The first-order valence-corrected chi connectivity index (χ1v) is 4.36. The van der Waals surface area contributed by atoms with Crippen molar-refractivity contribution in [3.63, 3.8) is 0 Å². The first kappa shape index (κ1) is 8.33. The molecule has 4 N–H and O–H groups in total. The van der Waals surface area contributed by atoms with Crippen LogP contribution in [0.15, 0.2) is 12.5 Å². The van der Waals surface area contributed by atoms with E-state index in [1.165, 1.54) is 6.33 Å². The molecule has 2 aromatic rings. The number of H-pyrrole nitrogens is 2. The number of thiocarbonyl (C=S) groups is 1. The molecule has 0 amide bonds. The fraction of sp³-hybridized carbons (Fsp3) is 0. The van der Waals surface area contributed by atoms with E-state index in [-0.39, 0.29) is 0 Å². The average Bonchev–Trinajstić information content (AvgIpc) is 2.49. The molecule has 2 rings (SSSR count). The smallest absolute Gasteiger partial charge is 0.139 e. The summed E-state index contributed by atoms with van der Waals surface area (Å²) in [4.78, 5) is 10.2. The summed E-state index contributed by atoms with van der Waals surface area (Å²) in [5.41, 5.74) is 7.05. The van der Waals surface area contributed by atoms with Crippen molar-refractivity contribution in [2.45, 2.75) is 0 Å². The number of hydrogen-bond acceptors (Lipinski definition) is 3. The van der Waals surface area contributed by atoms with E-state index in [9.17, 15) is 0 Å². The van der Waals surface area contributed by atoms with Crippen molar-refractivity contribution in [3.05, 3.63) is 22.7 Å². The van der Waals surface area contributed by atoms with Gasteiger partial charge in [0.25, 0.3) is 0 Å². The van der Waals surface area contributed by atoms with Crippen molar-refractivity contribution in [3.8, 4) is 0 Å². The van der Waals surface area contributed by atoms with Gasteiger partial charge in [-0.15, -0.1) is 0 Å². The Bertz CT molecular complexity index is 525. The van der Waals surface area contributed by atoms with Gasteiger partial charge in [-0.1, -0.05) is 24.4 Å². The molecule has 66 valence electrons. The van der Waals surface area contributed by atoms with Gasteiger partial charge in [-0.2, -0.15) is 0 Å². The van der Waals surface area contributed by atoms with Crippen molar-refractivity contribution >= 4 is 40.5 Å². The summed E-state index contributed by atoms with van der Waals surface area (Å²) in [6.45, 7) is 0. The molecular weight excluding hydrogens is 204 g/mol. The van der Waals surface area contributed by atoms with E-state index in [0.29, 0.717) is 9.63 Å². The van der Waals surface area contributed by atoms with Gasteiger partial charge in [0.15, 0.2) is 0 Å². The lowest BCUT2D eigenvalue weighted by atomic mass is 10.2. The minimum absolute atomic E-state index is 0.318. The van der Waals surface area contributed by atoms with Gasteiger partial charge < -0.3 is 15.7 Å². The number of fused-ring (bicyclic) bond motifs is 1. The Morgan fingerprint density at radius 1 is 1.46 bits per heavy atom. The fourth-order valence-electron chi connectivity index (χ4n) is 1.17. The monoisotopic (exact) mass is 210 g/mol. The quantitative estimate of drug-likeness (QED) is 0.620. The summed E-state index contributed by atoms with van der Waals surface area (Å²) in [5.74, 6) is 0. The Balaban J connectivity index is 2.95. The number of hydrogen-bond donors (Lipinski definition) is 3. The van der Waals surface area contributed by atoms with Gasteiger partial charge in [0.1, 0.15) is 15.3 Å². The lowest BCUT2D eigenvalue weighted by molar-refractivity contribution is 1.19. The minimum Gasteiger partial charge on any atom is -0.389 e. The van der Waals surface area contributed by atoms with E-state index in [4.69, 9.17) is 30.2 Å². The van der Waals surface area contributed by atoms with Crippen molar-refractivity contribution in [2.24, 2.45) is 5.73 Å². The molecule has 13 heavy (non-hydrogen) atoms. The zero-order valence-electron chi connectivity index (χ0n) is 6.50. The van der Waals surface area contributed by atoms with Gasteiger partial charge >= 0.3 is 0 Å². The van der Waals surface area contributed by atoms with Crippen LogP contribution in [0.1, 0.15) is 5.56 Å². The van der Waals surface area contributed by atoms with Crippen LogP contribution in [0.25, 0.3) is 11.0 Å². The zero-order chi connectivity index (χ0) is 9.42. The van der Waals surface area contributed by atoms with Gasteiger partial charge in [0, 0.05) is 11.8 Å². The van der Waals surface area contributed by atoms with Crippen LogP contribution in [0.3, 0.4) is 0 Å². The molecular formula is C7H6N4S2. The summed E-state index contributed by atoms with van der Waals surface area (Å²) >= 11 is 9.92. The zero-order valence-corrected chi connectivity index (χ0v) is 8.13. The summed E-state index contributed by atoms with van der Waals surface area (Å²) < 4.78 is 0.498. The molecule has 2 aromatic heterocycles. The highest BCUT2D eigenvalue weighted by Gasteiger charge is 2.07. The Labute approximate surface area is 84.2 Å². The highest BCUT2D eigenvalue weighted by molar-refractivity contribution is 7.80. The van der Waals surface area contributed by atoms with Crippen LogP contribution in [0.2, 0.25) is 0 Å². The highest BCUT2D eigenvalue weighted by Crippen LogP contribution is 2.15. The second kappa shape index (κ2) is 2.90. The van der Waals surface area contributed by atoms with Gasteiger partial charge in [0.2, 0.25) is 0 Å². The van der Waals surface area contributed by atoms with Crippen LogP contribution in [0.4, 0.5) is 0 Å². The maximum absolute atomic E-state index is 5.52. The SMILES string of the molecule is NC(=S)c1c[nH]c2[nH]cnc(=S)c12. The van der Waals surface area contributed by atoms with Crippen molar-refractivity contribution in [2.75, 3.05) is 0 Å². The molecule has 0 atom stereocenters.